The monoisotopic (exact) mass is 293 g/mol. The van der Waals surface area contributed by atoms with Crippen molar-refractivity contribution in [2.75, 3.05) is 39.3 Å². The Morgan fingerprint density at radius 1 is 1.29 bits per heavy atom. The van der Waals surface area contributed by atoms with Crippen LogP contribution >= 0.6 is 0 Å². The summed E-state index contributed by atoms with van der Waals surface area (Å²) in [5, 5.41) is 0. The Morgan fingerprint density at radius 3 is 2.62 bits per heavy atom. The molecule has 1 saturated heterocycles. The fourth-order valence-corrected chi connectivity index (χ4v) is 1.91. The molecule has 0 aliphatic carbocycles. The highest BCUT2D eigenvalue weighted by molar-refractivity contribution is 5.71. The second-order valence-electron chi connectivity index (χ2n) is 4.83. The van der Waals surface area contributed by atoms with Crippen LogP contribution in [-0.2, 0) is 4.84 Å². The van der Waals surface area contributed by atoms with E-state index in [1.54, 1.807) is 6.08 Å². The summed E-state index contributed by atoms with van der Waals surface area (Å²) in [5.41, 5.74) is 3.38. The summed E-state index contributed by atoms with van der Waals surface area (Å²) in [5.74, 6) is 0.721. The standard InChI is InChI=1S/C15H27N5O/c1-5-18-21-15(4)11-14(3)17-12-16-13-20-9-7-19(6-2)8-10-20/h11-13,18H,3,5-10H2,1-2,4H3/b15-11+,16-13?,17-12?. The molecule has 0 aromatic rings. The second kappa shape index (κ2) is 10.1. The van der Waals surface area contributed by atoms with E-state index in [-0.39, 0.29) is 0 Å². The van der Waals surface area contributed by atoms with Gasteiger partial charge in [0.15, 0.2) is 0 Å². The number of hydroxylamine groups is 1. The minimum absolute atomic E-state index is 0.610. The first-order valence-electron chi connectivity index (χ1n) is 7.44. The molecule has 6 heteroatoms. The zero-order valence-electron chi connectivity index (χ0n) is 13.4. The fourth-order valence-electron chi connectivity index (χ4n) is 1.91. The van der Waals surface area contributed by atoms with Crippen molar-refractivity contribution in [2.45, 2.75) is 20.8 Å². The molecule has 0 saturated carbocycles. The van der Waals surface area contributed by atoms with Crippen LogP contribution in [0.5, 0.6) is 0 Å². The van der Waals surface area contributed by atoms with E-state index in [4.69, 9.17) is 4.84 Å². The minimum Gasteiger partial charge on any atom is -0.413 e. The molecule has 1 aliphatic rings. The third-order valence-electron chi connectivity index (χ3n) is 3.12. The number of nitrogens with zero attached hydrogens (tertiary/aromatic N) is 4. The van der Waals surface area contributed by atoms with Gasteiger partial charge in [-0.2, -0.15) is 5.48 Å². The average molecular weight is 293 g/mol. The van der Waals surface area contributed by atoms with E-state index < -0.39 is 0 Å². The van der Waals surface area contributed by atoms with Gasteiger partial charge in [0.1, 0.15) is 12.1 Å². The summed E-state index contributed by atoms with van der Waals surface area (Å²) < 4.78 is 0. The molecule has 0 amide bonds. The highest BCUT2D eigenvalue weighted by Gasteiger charge is 2.11. The number of aliphatic imine (C=N–C) groups is 2. The molecule has 1 fully saturated rings. The second-order valence-corrected chi connectivity index (χ2v) is 4.83. The molecule has 0 aromatic heterocycles. The molecule has 0 atom stereocenters. The first-order chi connectivity index (χ1) is 10.2. The van der Waals surface area contributed by atoms with Gasteiger partial charge in [-0.05, 0) is 20.4 Å². The van der Waals surface area contributed by atoms with E-state index in [0.717, 1.165) is 45.0 Å². The Hall–Kier alpha value is -1.66. The van der Waals surface area contributed by atoms with Gasteiger partial charge >= 0.3 is 0 Å². The van der Waals surface area contributed by atoms with Crippen LogP contribution in [-0.4, -0.2) is 61.7 Å². The van der Waals surface area contributed by atoms with E-state index in [1.165, 1.54) is 6.34 Å². The SMILES string of the molecule is C=C(/C=C(\C)ONCC)N=CN=CN1CCN(CC)CC1. The number of hydrogen-bond acceptors (Lipinski definition) is 4. The van der Waals surface area contributed by atoms with Gasteiger partial charge in [-0.3, -0.25) is 0 Å². The Morgan fingerprint density at radius 2 is 2.00 bits per heavy atom. The fraction of sp³-hybridized carbons (Fsp3) is 0.600. The summed E-state index contributed by atoms with van der Waals surface area (Å²) in [4.78, 5) is 18.2. The smallest absolute Gasteiger partial charge is 0.123 e. The molecule has 0 bridgehead atoms. The molecule has 6 nitrogen and oxygen atoms in total. The lowest BCUT2D eigenvalue weighted by atomic mass is 10.3. The van der Waals surface area contributed by atoms with Crippen LogP contribution in [0.2, 0.25) is 0 Å². The van der Waals surface area contributed by atoms with Gasteiger partial charge in [0, 0.05) is 38.8 Å². The Bertz CT molecular complexity index is 395. The number of piperazine rings is 1. The first kappa shape index (κ1) is 17.4. The van der Waals surface area contributed by atoms with Gasteiger partial charge in [0.2, 0.25) is 0 Å². The van der Waals surface area contributed by atoms with Crippen molar-refractivity contribution >= 4 is 12.7 Å². The van der Waals surface area contributed by atoms with Crippen LogP contribution in [0.25, 0.3) is 0 Å². The largest absolute Gasteiger partial charge is 0.413 e. The van der Waals surface area contributed by atoms with Crippen molar-refractivity contribution in [3.8, 4) is 0 Å². The van der Waals surface area contributed by atoms with E-state index in [2.05, 4.69) is 38.8 Å². The maximum absolute atomic E-state index is 5.21. The number of hydrogen-bond donors (Lipinski definition) is 1. The van der Waals surface area contributed by atoms with Gasteiger partial charge < -0.3 is 14.6 Å². The molecule has 1 heterocycles. The van der Waals surface area contributed by atoms with Crippen molar-refractivity contribution < 1.29 is 4.84 Å². The predicted octanol–water partition coefficient (Wildman–Crippen LogP) is 1.64. The highest BCUT2D eigenvalue weighted by atomic mass is 16.6. The van der Waals surface area contributed by atoms with Crippen LogP contribution < -0.4 is 5.48 Å². The lowest BCUT2D eigenvalue weighted by molar-refractivity contribution is 0.111. The van der Waals surface area contributed by atoms with Crippen LogP contribution in [0.15, 0.2) is 34.1 Å². The van der Waals surface area contributed by atoms with Crippen molar-refractivity contribution in [2.24, 2.45) is 9.98 Å². The Balaban J connectivity index is 2.30. The van der Waals surface area contributed by atoms with Gasteiger partial charge in [-0.25, -0.2) is 9.98 Å². The Kier molecular flexibility index (Phi) is 8.38. The van der Waals surface area contributed by atoms with Crippen molar-refractivity contribution in [3.63, 3.8) is 0 Å². The molecule has 1 aliphatic heterocycles. The maximum atomic E-state index is 5.21. The van der Waals surface area contributed by atoms with Crippen molar-refractivity contribution in [1.29, 1.82) is 0 Å². The van der Waals surface area contributed by atoms with E-state index in [0.29, 0.717) is 5.70 Å². The van der Waals surface area contributed by atoms with Crippen molar-refractivity contribution in [1.82, 2.24) is 15.3 Å². The topological polar surface area (TPSA) is 52.5 Å². The molecule has 21 heavy (non-hydrogen) atoms. The molecule has 1 N–H and O–H groups in total. The highest BCUT2D eigenvalue weighted by Crippen LogP contribution is 2.01. The molecule has 0 spiro atoms. The lowest BCUT2D eigenvalue weighted by Crippen LogP contribution is -2.45. The summed E-state index contributed by atoms with van der Waals surface area (Å²) in [6, 6.07) is 0. The van der Waals surface area contributed by atoms with E-state index >= 15 is 0 Å². The third kappa shape index (κ3) is 7.63. The maximum Gasteiger partial charge on any atom is 0.123 e. The zero-order valence-corrected chi connectivity index (χ0v) is 13.4. The molecular weight excluding hydrogens is 266 g/mol. The van der Waals surface area contributed by atoms with Crippen LogP contribution in [0.4, 0.5) is 0 Å². The molecular formula is C15H27N5O. The number of nitrogens with one attached hydrogen (secondary N) is 1. The van der Waals surface area contributed by atoms with Crippen molar-refractivity contribution in [3.05, 3.63) is 24.1 Å². The molecule has 0 radical (unpaired) electrons. The van der Waals surface area contributed by atoms with Gasteiger partial charge in [0.05, 0.1) is 12.0 Å². The Labute approximate surface area is 127 Å². The third-order valence-corrected chi connectivity index (χ3v) is 3.12. The summed E-state index contributed by atoms with van der Waals surface area (Å²) in [6.07, 6.45) is 5.12. The summed E-state index contributed by atoms with van der Waals surface area (Å²) in [6.45, 7) is 15.9. The first-order valence-corrected chi connectivity index (χ1v) is 7.44. The summed E-state index contributed by atoms with van der Waals surface area (Å²) >= 11 is 0. The quantitative estimate of drug-likeness (QED) is 0.243. The molecule has 118 valence electrons. The van der Waals surface area contributed by atoms with E-state index in [1.807, 2.05) is 20.2 Å². The number of likely N-dealkylation sites (N-methyl/N-ethyl adjacent to an activating group) is 1. The summed E-state index contributed by atoms with van der Waals surface area (Å²) in [7, 11) is 0. The van der Waals surface area contributed by atoms with Gasteiger partial charge in [-0.1, -0.05) is 13.5 Å². The number of rotatable bonds is 8. The number of allylic oxidation sites excluding steroid dienone is 2. The van der Waals surface area contributed by atoms with E-state index in [9.17, 15) is 0 Å². The van der Waals surface area contributed by atoms with Gasteiger partial charge in [0.25, 0.3) is 0 Å². The zero-order chi connectivity index (χ0) is 15.5. The minimum atomic E-state index is 0.610. The predicted molar refractivity (Wildman–Crippen MR) is 88.3 cm³/mol. The molecule has 1 rings (SSSR count). The normalized spacial score (nSPS) is 17.9. The molecule has 0 aromatic carbocycles. The van der Waals surface area contributed by atoms with Crippen LogP contribution in [0.1, 0.15) is 20.8 Å². The average Bonchev–Trinajstić information content (AvgIpc) is 2.50. The van der Waals surface area contributed by atoms with Gasteiger partial charge in [-0.15, -0.1) is 0 Å². The van der Waals surface area contributed by atoms with Crippen LogP contribution in [0.3, 0.4) is 0 Å². The lowest BCUT2D eigenvalue weighted by Gasteiger charge is -2.32. The molecule has 0 unspecified atom stereocenters. The van der Waals surface area contributed by atoms with Crippen LogP contribution in [0, 0.1) is 0 Å².